The summed E-state index contributed by atoms with van der Waals surface area (Å²) >= 11 is 6.50. The van der Waals surface area contributed by atoms with Crippen LogP contribution in [0.1, 0.15) is 43.7 Å². The van der Waals surface area contributed by atoms with Gasteiger partial charge in [0, 0.05) is 60.1 Å². The lowest BCUT2D eigenvalue weighted by Gasteiger charge is -2.36. The third-order valence-electron chi connectivity index (χ3n) is 7.00. The van der Waals surface area contributed by atoms with E-state index in [4.69, 9.17) is 16.6 Å². The number of nitrogens with one attached hydrogen (secondary N) is 3. The van der Waals surface area contributed by atoms with Crippen LogP contribution in [0.4, 0.5) is 16.0 Å². The lowest BCUT2D eigenvalue weighted by atomic mass is 10.0. The molecule has 2 atom stereocenters. The molecule has 6 rings (SSSR count). The number of nitrogens with zero attached hydrogens (tertiary/aromatic N) is 3. The summed E-state index contributed by atoms with van der Waals surface area (Å²) in [4.78, 5) is 14.8. The lowest BCUT2D eigenvalue weighted by Crippen LogP contribution is -2.53. The van der Waals surface area contributed by atoms with Crippen molar-refractivity contribution in [3.63, 3.8) is 0 Å². The summed E-state index contributed by atoms with van der Waals surface area (Å²) in [6, 6.07) is 12.4. The summed E-state index contributed by atoms with van der Waals surface area (Å²) in [6.45, 7) is 7.49. The number of piperazine rings is 1. The van der Waals surface area contributed by atoms with E-state index in [1.54, 1.807) is 12.3 Å². The van der Waals surface area contributed by atoms with Gasteiger partial charge in [-0.25, -0.2) is 14.4 Å². The fourth-order valence-electron chi connectivity index (χ4n) is 5.40. The molecule has 1 aliphatic heterocycles. The molecule has 6 nitrogen and oxygen atoms in total. The molecular weight excluding hydrogens is 475 g/mol. The number of anilines is 2. The largest absolute Gasteiger partial charge is 0.360 e. The van der Waals surface area contributed by atoms with E-state index in [0.717, 1.165) is 36.3 Å². The van der Waals surface area contributed by atoms with Crippen LogP contribution in [0.5, 0.6) is 0 Å². The van der Waals surface area contributed by atoms with Gasteiger partial charge in [0.1, 0.15) is 5.82 Å². The molecular formula is C28H30ClFN6. The maximum Gasteiger partial charge on any atom is 0.227 e. The fraction of sp³-hybridized carbons (Fsp3) is 0.357. The van der Waals surface area contributed by atoms with Gasteiger partial charge < -0.3 is 15.6 Å². The molecule has 1 saturated carbocycles. The number of H-pyrrole nitrogens is 1. The first-order chi connectivity index (χ1) is 17.4. The molecule has 3 N–H and O–H groups in total. The van der Waals surface area contributed by atoms with Crippen LogP contribution in [-0.4, -0.2) is 45.0 Å². The number of hydrogen-bond donors (Lipinski definition) is 3. The number of benzene rings is 2. The van der Waals surface area contributed by atoms with Crippen molar-refractivity contribution in [2.45, 2.75) is 51.2 Å². The fourth-order valence-corrected chi connectivity index (χ4v) is 5.59. The van der Waals surface area contributed by atoms with Gasteiger partial charge in [-0.1, -0.05) is 17.7 Å². The number of hydrogen-bond acceptors (Lipinski definition) is 5. The summed E-state index contributed by atoms with van der Waals surface area (Å²) < 4.78 is 13.7. The summed E-state index contributed by atoms with van der Waals surface area (Å²) in [5, 5.41) is 8.34. The van der Waals surface area contributed by atoms with E-state index in [0.29, 0.717) is 40.2 Å². The summed E-state index contributed by atoms with van der Waals surface area (Å²) in [6.07, 6.45) is 5.91. The molecule has 2 aliphatic rings. The van der Waals surface area contributed by atoms with Crippen molar-refractivity contribution in [2.24, 2.45) is 0 Å². The molecule has 2 fully saturated rings. The van der Waals surface area contributed by atoms with E-state index in [9.17, 15) is 4.39 Å². The van der Waals surface area contributed by atoms with E-state index in [1.807, 2.05) is 6.20 Å². The number of aromatic nitrogens is 3. The average molecular weight is 505 g/mol. The third kappa shape index (κ3) is 4.96. The van der Waals surface area contributed by atoms with Crippen molar-refractivity contribution in [3.8, 4) is 11.3 Å². The highest BCUT2D eigenvalue weighted by Crippen LogP contribution is 2.42. The van der Waals surface area contributed by atoms with E-state index >= 15 is 0 Å². The van der Waals surface area contributed by atoms with Gasteiger partial charge in [0.15, 0.2) is 0 Å². The minimum absolute atomic E-state index is 0.289. The highest BCUT2D eigenvalue weighted by atomic mass is 35.5. The second kappa shape index (κ2) is 9.47. The normalized spacial score (nSPS) is 20.7. The minimum Gasteiger partial charge on any atom is -0.360 e. The zero-order chi connectivity index (χ0) is 24.8. The van der Waals surface area contributed by atoms with Crippen LogP contribution >= 0.6 is 11.6 Å². The summed E-state index contributed by atoms with van der Waals surface area (Å²) in [5.41, 5.74) is 5.78. The standard InChI is InChI=1S/C28H30ClFN6/c1-16-13-36(14-17(2)33-16)15-18-7-20(19-3-4-19)9-22(8-18)34-28-32-12-25(29)27(35-28)24-11-31-26-10-21(30)5-6-23(24)26/h5-12,16-17,19,31,33H,3-4,13-15H2,1-2H3,(H,32,34,35)/t16-,17+. The molecule has 0 amide bonds. The van der Waals surface area contributed by atoms with Crippen molar-refractivity contribution < 1.29 is 4.39 Å². The second-order valence-electron chi connectivity index (χ2n) is 10.3. The van der Waals surface area contributed by atoms with Gasteiger partial charge in [-0.05, 0) is 74.1 Å². The Morgan fingerprint density at radius 2 is 1.92 bits per heavy atom. The van der Waals surface area contributed by atoms with Crippen LogP contribution in [0.3, 0.4) is 0 Å². The van der Waals surface area contributed by atoms with Crippen LogP contribution in [0.2, 0.25) is 5.02 Å². The van der Waals surface area contributed by atoms with Crippen LogP contribution < -0.4 is 10.6 Å². The van der Waals surface area contributed by atoms with E-state index in [2.05, 4.69) is 57.5 Å². The van der Waals surface area contributed by atoms with Crippen molar-refractivity contribution in [1.82, 2.24) is 25.2 Å². The molecule has 3 heterocycles. The molecule has 1 aliphatic carbocycles. The van der Waals surface area contributed by atoms with Crippen molar-refractivity contribution in [3.05, 3.63) is 70.8 Å². The highest BCUT2D eigenvalue weighted by Gasteiger charge is 2.26. The maximum absolute atomic E-state index is 13.7. The highest BCUT2D eigenvalue weighted by molar-refractivity contribution is 6.33. The van der Waals surface area contributed by atoms with Gasteiger partial charge in [0.05, 0.1) is 16.9 Å². The van der Waals surface area contributed by atoms with Crippen LogP contribution in [-0.2, 0) is 6.54 Å². The Bertz CT molecular complexity index is 1400. The van der Waals surface area contributed by atoms with E-state index in [-0.39, 0.29) is 5.82 Å². The predicted octanol–water partition coefficient (Wildman–Crippen LogP) is 6.22. The number of rotatable bonds is 6. The molecule has 1 saturated heterocycles. The average Bonchev–Trinajstić information content (AvgIpc) is 3.60. The number of halogens is 2. The third-order valence-corrected chi connectivity index (χ3v) is 7.28. The van der Waals surface area contributed by atoms with Crippen molar-refractivity contribution in [2.75, 3.05) is 18.4 Å². The molecule has 2 aromatic carbocycles. The zero-order valence-electron chi connectivity index (χ0n) is 20.5. The maximum atomic E-state index is 13.7. The van der Waals surface area contributed by atoms with Gasteiger partial charge in [0.25, 0.3) is 0 Å². The smallest absolute Gasteiger partial charge is 0.227 e. The Kier molecular flexibility index (Phi) is 6.15. The quantitative estimate of drug-likeness (QED) is 0.291. The van der Waals surface area contributed by atoms with E-state index in [1.165, 1.54) is 36.1 Å². The molecule has 0 bridgehead atoms. The van der Waals surface area contributed by atoms with Gasteiger partial charge >= 0.3 is 0 Å². The zero-order valence-corrected chi connectivity index (χ0v) is 21.2. The van der Waals surface area contributed by atoms with Gasteiger partial charge in [-0.2, -0.15) is 0 Å². The monoisotopic (exact) mass is 504 g/mol. The second-order valence-corrected chi connectivity index (χ2v) is 10.7. The van der Waals surface area contributed by atoms with Crippen molar-refractivity contribution >= 4 is 34.1 Å². The van der Waals surface area contributed by atoms with Crippen LogP contribution in [0.25, 0.3) is 22.2 Å². The molecule has 0 spiro atoms. The number of aromatic amines is 1. The first kappa shape index (κ1) is 23.4. The van der Waals surface area contributed by atoms with Gasteiger partial charge in [-0.15, -0.1) is 0 Å². The SMILES string of the molecule is C[C@@H]1CN(Cc2cc(Nc3ncc(Cl)c(-c4c[nH]c5cc(F)ccc45)n3)cc(C3CC3)c2)C[C@H](C)N1. The molecule has 8 heteroatoms. The Hall–Kier alpha value is -3.00. The van der Waals surface area contributed by atoms with Gasteiger partial charge in [-0.3, -0.25) is 4.90 Å². The first-order valence-electron chi connectivity index (χ1n) is 12.6. The minimum atomic E-state index is -0.289. The first-order valence-corrected chi connectivity index (χ1v) is 13.0. The topological polar surface area (TPSA) is 68.9 Å². The van der Waals surface area contributed by atoms with Crippen LogP contribution in [0, 0.1) is 5.82 Å². The molecule has 0 unspecified atom stereocenters. The van der Waals surface area contributed by atoms with Crippen molar-refractivity contribution in [1.29, 1.82) is 0 Å². The molecule has 0 radical (unpaired) electrons. The molecule has 4 aromatic rings. The molecule has 2 aromatic heterocycles. The van der Waals surface area contributed by atoms with E-state index < -0.39 is 0 Å². The molecule has 36 heavy (non-hydrogen) atoms. The molecule has 186 valence electrons. The Labute approximate surface area is 215 Å². The Morgan fingerprint density at radius 1 is 1.11 bits per heavy atom. The Morgan fingerprint density at radius 3 is 2.69 bits per heavy atom. The van der Waals surface area contributed by atoms with Gasteiger partial charge in [0.2, 0.25) is 5.95 Å². The van der Waals surface area contributed by atoms with Crippen LogP contribution in [0.15, 0.2) is 48.8 Å². The number of fused-ring (bicyclic) bond motifs is 1. The Balaban J connectivity index is 1.29. The lowest BCUT2D eigenvalue weighted by molar-refractivity contribution is 0.166. The summed E-state index contributed by atoms with van der Waals surface area (Å²) in [7, 11) is 0. The predicted molar refractivity (Wildman–Crippen MR) is 143 cm³/mol. The summed E-state index contributed by atoms with van der Waals surface area (Å²) in [5.74, 6) is 0.831.